The van der Waals surface area contributed by atoms with Gasteiger partial charge < -0.3 is 14.6 Å². The van der Waals surface area contributed by atoms with Crippen LogP contribution in [-0.4, -0.2) is 26.4 Å². The monoisotopic (exact) mass is 237 g/mol. The summed E-state index contributed by atoms with van der Waals surface area (Å²) >= 11 is 0. The second kappa shape index (κ2) is 11.4. The smallest absolute Gasteiger partial charge is 0.0700 e. The van der Waals surface area contributed by atoms with Crippen LogP contribution in [0.15, 0.2) is 12.3 Å². The number of hydrogen-bond acceptors (Lipinski definition) is 3. The summed E-state index contributed by atoms with van der Waals surface area (Å²) < 4.78 is 10.5. The number of ether oxygens (including phenoxy) is 2. The highest BCUT2D eigenvalue weighted by atomic mass is 32.0. The van der Waals surface area contributed by atoms with Crippen LogP contribution >= 0.6 is 17.3 Å². The molecule has 84 valence electrons. The maximum atomic E-state index is 5.37. The van der Waals surface area contributed by atoms with Gasteiger partial charge in [0, 0.05) is 18.9 Å². The van der Waals surface area contributed by atoms with E-state index < -0.39 is 0 Å². The van der Waals surface area contributed by atoms with Crippen molar-refractivity contribution in [2.24, 2.45) is 0 Å². The second-order valence-electron chi connectivity index (χ2n) is 2.79. The minimum absolute atomic E-state index is 0.657. The van der Waals surface area contributed by atoms with Gasteiger partial charge in [-0.15, -0.1) is 0 Å². The molecule has 0 fully saturated rings. The predicted octanol–water partition coefficient (Wildman–Crippen LogP) is 2.31. The molecule has 0 aromatic heterocycles. The summed E-state index contributed by atoms with van der Waals surface area (Å²) in [5.74, 6) is 0. The van der Waals surface area contributed by atoms with Gasteiger partial charge in [0.2, 0.25) is 0 Å². The molecule has 0 spiro atoms. The van der Waals surface area contributed by atoms with E-state index in [0.717, 1.165) is 31.8 Å². The van der Waals surface area contributed by atoms with E-state index in [1.54, 1.807) is 0 Å². The third kappa shape index (κ3) is 10.4. The van der Waals surface area contributed by atoms with E-state index in [-0.39, 0.29) is 0 Å². The van der Waals surface area contributed by atoms with Gasteiger partial charge in [-0.1, -0.05) is 15.5 Å². The molecule has 0 saturated heterocycles. The van der Waals surface area contributed by atoms with Crippen molar-refractivity contribution in [3.8, 4) is 0 Å². The molecule has 14 heavy (non-hydrogen) atoms. The van der Waals surface area contributed by atoms with Crippen molar-refractivity contribution in [2.45, 2.75) is 19.8 Å². The zero-order valence-corrected chi connectivity index (χ0v) is 11.0. The normalized spacial score (nSPS) is 11.0. The number of hydrogen-bond donors (Lipinski definition) is 1. The standard InChI is InChI=1S/C9H21NO2P2/c1-3-11-7-8-12-6-4-5-9(2)10-14-13/h10,14H,2-8,13H2,1H3. The molecule has 0 rings (SSSR count). The molecule has 0 radical (unpaired) electrons. The second-order valence-corrected chi connectivity index (χ2v) is 4.19. The molecule has 2 atom stereocenters. The number of rotatable bonds is 10. The van der Waals surface area contributed by atoms with E-state index in [2.05, 4.69) is 20.6 Å². The quantitative estimate of drug-likeness (QED) is 0.467. The Hall–Kier alpha value is 0.320. The average molecular weight is 237 g/mol. The lowest BCUT2D eigenvalue weighted by atomic mass is 10.3. The van der Waals surface area contributed by atoms with Crippen LogP contribution in [0, 0.1) is 0 Å². The van der Waals surface area contributed by atoms with Gasteiger partial charge in [-0.3, -0.25) is 0 Å². The van der Waals surface area contributed by atoms with Crippen LogP contribution in [0.2, 0.25) is 0 Å². The van der Waals surface area contributed by atoms with E-state index >= 15 is 0 Å². The highest BCUT2D eigenvalue weighted by molar-refractivity contribution is 8.01. The molecule has 0 aromatic rings. The SMILES string of the molecule is C=C(CCCOCCOCC)NPP. The van der Waals surface area contributed by atoms with Crippen LogP contribution in [0.4, 0.5) is 0 Å². The summed E-state index contributed by atoms with van der Waals surface area (Å²) in [5, 5.41) is 3.17. The van der Waals surface area contributed by atoms with E-state index in [1.165, 1.54) is 0 Å². The molecule has 1 N–H and O–H groups in total. The molecule has 0 aliphatic rings. The highest BCUT2D eigenvalue weighted by Gasteiger charge is 1.93. The Kier molecular flexibility index (Phi) is 11.7. The summed E-state index contributed by atoms with van der Waals surface area (Å²) in [5.41, 5.74) is 1.09. The lowest BCUT2D eigenvalue weighted by Crippen LogP contribution is -2.06. The van der Waals surface area contributed by atoms with Crippen LogP contribution in [0.5, 0.6) is 0 Å². The van der Waals surface area contributed by atoms with Gasteiger partial charge >= 0.3 is 0 Å². The first-order valence-electron chi connectivity index (χ1n) is 4.86. The van der Waals surface area contributed by atoms with Crippen LogP contribution < -0.4 is 5.09 Å². The molecule has 0 amide bonds. The van der Waals surface area contributed by atoms with Gasteiger partial charge in [-0.05, 0) is 28.2 Å². The molecule has 0 heterocycles. The molecule has 2 unspecified atom stereocenters. The van der Waals surface area contributed by atoms with Crippen molar-refractivity contribution in [3.05, 3.63) is 12.3 Å². The van der Waals surface area contributed by atoms with E-state index in [1.807, 2.05) is 6.92 Å². The molecular formula is C9H21NO2P2. The lowest BCUT2D eigenvalue weighted by Gasteiger charge is -2.07. The largest absolute Gasteiger partial charge is 0.379 e. The first-order valence-corrected chi connectivity index (χ1v) is 7.67. The molecule has 0 bridgehead atoms. The Bertz CT molecular complexity index is 145. The molecule has 0 saturated carbocycles. The van der Waals surface area contributed by atoms with Crippen molar-refractivity contribution in [2.75, 3.05) is 26.4 Å². The summed E-state index contributed by atoms with van der Waals surface area (Å²) in [6, 6.07) is 0. The van der Waals surface area contributed by atoms with Gasteiger partial charge in [0.1, 0.15) is 0 Å². The third-order valence-electron chi connectivity index (χ3n) is 1.59. The van der Waals surface area contributed by atoms with Crippen molar-refractivity contribution < 1.29 is 9.47 Å². The van der Waals surface area contributed by atoms with Crippen molar-refractivity contribution in [3.63, 3.8) is 0 Å². The summed E-state index contributed by atoms with van der Waals surface area (Å²) in [6.45, 7) is 8.82. The summed E-state index contributed by atoms with van der Waals surface area (Å²) in [6.07, 6.45) is 2.00. The van der Waals surface area contributed by atoms with Crippen LogP contribution in [0.3, 0.4) is 0 Å². The first-order chi connectivity index (χ1) is 6.81. The minimum atomic E-state index is 0.657. The predicted molar refractivity (Wildman–Crippen MR) is 66.8 cm³/mol. The fraction of sp³-hybridized carbons (Fsp3) is 0.778. The van der Waals surface area contributed by atoms with Crippen molar-refractivity contribution in [1.29, 1.82) is 0 Å². The molecule has 5 heteroatoms. The topological polar surface area (TPSA) is 30.5 Å². The van der Waals surface area contributed by atoms with E-state index in [4.69, 9.17) is 9.47 Å². The van der Waals surface area contributed by atoms with Gasteiger partial charge in [0.15, 0.2) is 0 Å². The summed E-state index contributed by atoms with van der Waals surface area (Å²) in [4.78, 5) is 0. The molecule has 0 aliphatic heterocycles. The molecule has 0 aliphatic carbocycles. The maximum Gasteiger partial charge on any atom is 0.0700 e. The Balaban J connectivity index is 3.01. The Labute approximate surface area is 90.9 Å². The first kappa shape index (κ1) is 14.3. The summed E-state index contributed by atoms with van der Waals surface area (Å²) in [7, 11) is 3.29. The molecular weight excluding hydrogens is 216 g/mol. The van der Waals surface area contributed by atoms with E-state index in [0.29, 0.717) is 21.6 Å². The van der Waals surface area contributed by atoms with Gasteiger partial charge in [-0.25, -0.2) is 0 Å². The van der Waals surface area contributed by atoms with Crippen LogP contribution in [-0.2, 0) is 9.47 Å². The van der Waals surface area contributed by atoms with Gasteiger partial charge in [0.25, 0.3) is 0 Å². The minimum Gasteiger partial charge on any atom is -0.379 e. The Morgan fingerprint density at radius 2 is 2.07 bits per heavy atom. The zero-order valence-electron chi connectivity index (χ0n) is 8.84. The fourth-order valence-corrected chi connectivity index (χ4v) is 1.86. The zero-order chi connectivity index (χ0) is 10.6. The molecule has 3 nitrogen and oxygen atoms in total. The van der Waals surface area contributed by atoms with E-state index in [9.17, 15) is 0 Å². The van der Waals surface area contributed by atoms with Crippen molar-refractivity contribution in [1.82, 2.24) is 5.09 Å². The number of allylic oxidation sites excluding steroid dienone is 1. The van der Waals surface area contributed by atoms with Gasteiger partial charge in [0.05, 0.1) is 13.2 Å². The van der Waals surface area contributed by atoms with Crippen LogP contribution in [0.1, 0.15) is 19.8 Å². The highest BCUT2D eigenvalue weighted by Crippen LogP contribution is 2.17. The Morgan fingerprint density at radius 1 is 1.36 bits per heavy atom. The van der Waals surface area contributed by atoms with Crippen molar-refractivity contribution >= 4 is 17.3 Å². The Morgan fingerprint density at radius 3 is 2.71 bits per heavy atom. The number of nitrogens with one attached hydrogen (secondary N) is 1. The van der Waals surface area contributed by atoms with Crippen LogP contribution in [0.25, 0.3) is 0 Å². The maximum absolute atomic E-state index is 5.37. The molecule has 0 aromatic carbocycles. The average Bonchev–Trinajstić information content (AvgIpc) is 2.17. The fourth-order valence-electron chi connectivity index (χ4n) is 0.916. The third-order valence-corrected chi connectivity index (χ3v) is 2.52. The lowest BCUT2D eigenvalue weighted by molar-refractivity contribution is 0.0520. The van der Waals surface area contributed by atoms with Gasteiger partial charge in [-0.2, -0.15) is 0 Å².